The molecule has 6 nitrogen and oxygen atoms in total. The Balaban J connectivity index is 3.52. The number of amides is 1. The first-order chi connectivity index (χ1) is 6.07. The first kappa shape index (κ1) is 11.9. The molecular formula is C7H14N2O4. The molecule has 1 amide bonds. The molecule has 4 N–H and O–H groups in total. The Bertz CT molecular complexity index is 183. The highest BCUT2D eigenvalue weighted by molar-refractivity contribution is 5.79. The van der Waals surface area contributed by atoms with Crippen LogP contribution in [0.15, 0.2) is 0 Å². The van der Waals surface area contributed by atoms with E-state index >= 15 is 0 Å². The highest BCUT2D eigenvalue weighted by Crippen LogP contribution is 1.79. The van der Waals surface area contributed by atoms with Gasteiger partial charge in [-0.05, 0) is 6.54 Å². The lowest BCUT2D eigenvalue weighted by atomic mass is 10.3. The molecule has 13 heavy (non-hydrogen) atoms. The highest BCUT2D eigenvalue weighted by Gasteiger charge is 2.13. The van der Waals surface area contributed by atoms with Gasteiger partial charge in [0.05, 0.1) is 13.1 Å². The molecule has 0 spiro atoms. The molecule has 0 aliphatic carbocycles. The Morgan fingerprint density at radius 2 is 2.08 bits per heavy atom. The van der Waals surface area contributed by atoms with E-state index in [9.17, 15) is 9.59 Å². The molecule has 0 heterocycles. The molecule has 0 aliphatic heterocycles. The van der Waals surface area contributed by atoms with E-state index in [1.807, 2.05) is 6.92 Å². The summed E-state index contributed by atoms with van der Waals surface area (Å²) in [6, 6.07) is 0. The average Bonchev–Trinajstić information content (AvgIpc) is 2.10. The van der Waals surface area contributed by atoms with Crippen molar-refractivity contribution in [2.24, 2.45) is 0 Å². The van der Waals surface area contributed by atoms with Crippen molar-refractivity contribution < 1.29 is 19.8 Å². The first-order valence-corrected chi connectivity index (χ1v) is 3.96. The second kappa shape index (κ2) is 6.38. The molecule has 0 fully saturated rings. The lowest BCUT2D eigenvalue weighted by Gasteiger charge is -2.07. The van der Waals surface area contributed by atoms with Crippen LogP contribution in [0.5, 0.6) is 0 Å². The van der Waals surface area contributed by atoms with Gasteiger partial charge in [-0.2, -0.15) is 0 Å². The fourth-order valence-corrected chi connectivity index (χ4v) is 0.599. The van der Waals surface area contributed by atoms with Gasteiger partial charge in [-0.1, -0.05) is 6.92 Å². The topological polar surface area (TPSA) is 98.7 Å². The van der Waals surface area contributed by atoms with E-state index in [4.69, 9.17) is 10.2 Å². The normalized spacial score (nSPS) is 12.2. The van der Waals surface area contributed by atoms with Crippen molar-refractivity contribution in [3.8, 4) is 0 Å². The van der Waals surface area contributed by atoms with Crippen LogP contribution in [0.25, 0.3) is 0 Å². The van der Waals surface area contributed by atoms with E-state index in [1.54, 1.807) is 0 Å². The number of likely N-dealkylation sites (N-methyl/N-ethyl adjacent to an activating group) is 1. The molecule has 0 saturated heterocycles. The molecule has 0 aromatic rings. The summed E-state index contributed by atoms with van der Waals surface area (Å²) in [5, 5.41) is 22.0. The summed E-state index contributed by atoms with van der Waals surface area (Å²) in [6.45, 7) is 2.37. The lowest BCUT2D eigenvalue weighted by Crippen LogP contribution is -2.40. The minimum atomic E-state index is -1.54. The van der Waals surface area contributed by atoms with E-state index in [1.165, 1.54) is 0 Å². The fraction of sp³-hybridized carbons (Fsp3) is 0.714. The number of aliphatic carboxylic acids is 1. The number of carboxylic acid groups (broad SMARTS) is 1. The van der Waals surface area contributed by atoms with E-state index in [0.717, 1.165) is 0 Å². The van der Waals surface area contributed by atoms with Crippen molar-refractivity contribution in [3.63, 3.8) is 0 Å². The monoisotopic (exact) mass is 190 g/mol. The van der Waals surface area contributed by atoms with Gasteiger partial charge in [0.2, 0.25) is 5.91 Å². The van der Waals surface area contributed by atoms with Crippen molar-refractivity contribution in [2.45, 2.75) is 13.0 Å². The summed E-state index contributed by atoms with van der Waals surface area (Å²) in [5.41, 5.74) is 0. The van der Waals surface area contributed by atoms with E-state index in [0.29, 0.717) is 6.54 Å². The van der Waals surface area contributed by atoms with Crippen LogP contribution in [0.1, 0.15) is 6.92 Å². The van der Waals surface area contributed by atoms with Gasteiger partial charge >= 0.3 is 5.97 Å². The highest BCUT2D eigenvalue weighted by atomic mass is 16.4. The van der Waals surface area contributed by atoms with Crippen molar-refractivity contribution in [2.75, 3.05) is 19.6 Å². The molecule has 76 valence electrons. The van der Waals surface area contributed by atoms with Gasteiger partial charge in [-0.25, -0.2) is 4.79 Å². The smallest absolute Gasteiger partial charge is 0.334 e. The molecular weight excluding hydrogens is 176 g/mol. The van der Waals surface area contributed by atoms with Crippen LogP contribution in [0.3, 0.4) is 0 Å². The lowest BCUT2D eigenvalue weighted by molar-refractivity contribution is -0.146. The third kappa shape index (κ3) is 6.06. The van der Waals surface area contributed by atoms with E-state index in [2.05, 4.69) is 10.6 Å². The van der Waals surface area contributed by atoms with E-state index in [-0.39, 0.29) is 19.0 Å². The summed E-state index contributed by atoms with van der Waals surface area (Å²) in [5.74, 6) is -1.68. The van der Waals surface area contributed by atoms with Crippen LogP contribution in [0, 0.1) is 0 Å². The molecule has 0 aliphatic rings. The molecule has 1 atom stereocenters. The average molecular weight is 190 g/mol. The number of hydrogen-bond donors (Lipinski definition) is 4. The molecule has 6 heteroatoms. The molecule has 0 bridgehead atoms. The predicted octanol–water partition coefficient (Wildman–Crippen LogP) is -1.84. The maximum absolute atomic E-state index is 10.9. The number of rotatable bonds is 6. The second-order valence-corrected chi connectivity index (χ2v) is 2.44. The number of aliphatic hydroxyl groups excluding tert-OH is 1. The zero-order chi connectivity index (χ0) is 10.3. The molecule has 0 unspecified atom stereocenters. The summed E-state index contributed by atoms with van der Waals surface area (Å²) >= 11 is 0. The SMILES string of the molecule is CCNCC(=O)NC[C@H](O)C(=O)O. The maximum Gasteiger partial charge on any atom is 0.334 e. The van der Waals surface area contributed by atoms with Gasteiger partial charge in [0.15, 0.2) is 6.10 Å². The van der Waals surface area contributed by atoms with Crippen LogP contribution in [-0.4, -0.2) is 47.8 Å². The van der Waals surface area contributed by atoms with Crippen LogP contribution < -0.4 is 10.6 Å². The Morgan fingerprint density at radius 1 is 1.46 bits per heavy atom. The number of carbonyl (C=O) groups is 2. The van der Waals surface area contributed by atoms with Crippen molar-refractivity contribution in [3.05, 3.63) is 0 Å². The summed E-state index contributed by atoms with van der Waals surface area (Å²) in [4.78, 5) is 21.0. The van der Waals surface area contributed by atoms with Gasteiger partial charge in [0, 0.05) is 0 Å². The van der Waals surface area contributed by atoms with Gasteiger partial charge in [-0.15, -0.1) is 0 Å². The third-order valence-corrected chi connectivity index (χ3v) is 1.31. The van der Waals surface area contributed by atoms with Gasteiger partial charge in [0.25, 0.3) is 0 Å². The molecule has 0 aromatic heterocycles. The Labute approximate surface area is 75.9 Å². The molecule has 0 rings (SSSR count). The van der Waals surface area contributed by atoms with Crippen molar-refractivity contribution in [1.29, 1.82) is 0 Å². The van der Waals surface area contributed by atoms with Gasteiger partial charge < -0.3 is 20.8 Å². The Kier molecular flexibility index (Phi) is 5.82. The minimum Gasteiger partial charge on any atom is -0.479 e. The number of carbonyl (C=O) groups excluding carboxylic acids is 1. The predicted molar refractivity (Wildman–Crippen MR) is 45.2 cm³/mol. The summed E-state index contributed by atoms with van der Waals surface area (Å²) in [6.07, 6.45) is -1.54. The zero-order valence-electron chi connectivity index (χ0n) is 7.41. The van der Waals surface area contributed by atoms with Crippen molar-refractivity contribution in [1.82, 2.24) is 10.6 Å². The van der Waals surface area contributed by atoms with Crippen molar-refractivity contribution >= 4 is 11.9 Å². The number of carboxylic acids is 1. The molecule has 0 aromatic carbocycles. The number of aliphatic hydroxyl groups is 1. The second-order valence-electron chi connectivity index (χ2n) is 2.44. The maximum atomic E-state index is 10.9. The first-order valence-electron chi connectivity index (χ1n) is 3.96. The van der Waals surface area contributed by atoms with Crippen LogP contribution in [0.2, 0.25) is 0 Å². The Hall–Kier alpha value is -1.14. The van der Waals surface area contributed by atoms with Crippen LogP contribution in [0.4, 0.5) is 0 Å². The number of nitrogens with one attached hydrogen (secondary N) is 2. The number of hydrogen-bond acceptors (Lipinski definition) is 4. The Morgan fingerprint density at radius 3 is 2.54 bits per heavy atom. The largest absolute Gasteiger partial charge is 0.479 e. The molecule has 0 saturated carbocycles. The third-order valence-electron chi connectivity index (χ3n) is 1.31. The molecule has 0 radical (unpaired) electrons. The quantitative estimate of drug-likeness (QED) is 0.394. The standard InChI is InChI=1S/C7H14N2O4/c1-2-8-4-6(11)9-3-5(10)7(12)13/h5,8,10H,2-4H2,1H3,(H,9,11)(H,12,13)/t5-/m0/s1. The van der Waals surface area contributed by atoms with Crippen LogP contribution >= 0.6 is 0 Å². The summed E-state index contributed by atoms with van der Waals surface area (Å²) in [7, 11) is 0. The fourth-order valence-electron chi connectivity index (χ4n) is 0.599. The summed E-state index contributed by atoms with van der Waals surface area (Å²) < 4.78 is 0. The minimum absolute atomic E-state index is 0.128. The zero-order valence-corrected chi connectivity index (χ0v) is 7.41. The van der Waals surface area contributed by atoms with Gasteiger partial charge in [-0.3, -0.25) is 4.79 Å². The van der Waals surface area contributed by atoms with Crippen LogP contribution in [-0.2, 0) is 9.59 Å². The van der Waals surface area contributed by atoms with E-state index < -0.39 is 12.1 Å². The van der Waals surface area contributed by atoms with Gasteiger partial charge in [0.1, 0.15) is 0 Å².